The second-order valence-electron chi connectivity index (χ2n) is 9.57. The zero-order valence-electron chi connectivity index (χ0n) is 22.9. The maximum absolute atomic E-state index is 4.10. The van der Waals surface area contributed by atoms with Gasteiger partial charge < -0.3 is 5.32 Å². The molecule has 1 heteroatoms. The van der Waals surface area contributed by atoms with E-state index in [1.54, 1.807) is 0 Å². The molecule has 0 heterocycles. The van der Waals surface area contributed by atoms with Crippen LogP contribution in [0, 0.1) is 11.8 Å². The topological polar surface area (TPSA) is 12.0 Å². The fourth-order valence-electron chi connectivity index (χ4n) is 3.63. The molecule has 32 heavy (non-hydrogen) atoms. The van der Waals surface area contributed by atoms with E-state index in [1.807, 2.05) is 27.7 Å². The highest BCUT2D eigenvalue weighted by molar-refractivity contribution is 5.55. The maximum atomic E-state index is 4.10. The van der Waals surface area contributed by atoms with Crippen molar-refractivity contribution in [2.45, 2.75) is 101 Å². The quantitative estimate of drug-likeness (QED) is 0.436. The van der Waals surface area contributed by atoms with Crippen LogP contribution in [0.15, 0.2) is 71.5 Å². The second kappa shape index (κ2) is 15.7. The lowest BCUT2D eigenvalue weighted by atomic mass is 9.82. The van der Waals surface area contributed by atoms with Crippen LogP contribution in [0.4, 0.5) is 5.69 Å². The van der Waals surface area contributed by atoms with Crippen LogP contribution >= 0.6 is 0 Å². The third-order valence-electron chi connectivity index (χ3n) is 6.35. The number of hydrogen-bond donors (Lipinski definition) is 1. The smallest absolute Gasteiger partial charge is 0.0382 e. The number of allylic oxidation sites excluding steroid dienone is 6. The van der Waals surface area contributed by atoms with E-state index in [2.05, 4.69) is 90.4 Å². The van der Waals surface area contributed by atoms with E-state index >= 15 is 0 Å². The van der Waals surface area contributed by atoms with Crippen molar-refractivity contribution in [2.75, 3.05) is 5.32 Å². The molecule has 1 aromatic rings. The molecule has 1 aliphatic rings. The third kappa shape index (κ3) is 11.0. The van der Waals surface area contributed by atoms with Gasteiger partial charge in [-0.05, 0) is 85.9 Å². The van der Waals surface area contributed by atoms with Gasteiger partial charge in [-0.15, -0.1) is 0 Å². The van der Waals surface area contributed by atoms with Crippen LogP contribution < -0.4 is 5.32 Å². The van der Waals surface area contributed by atoms with Crippen LogP contribution in [0.5, 0.6) is 0 Å². The standard InChI is InChI=1S/C21H29N.C8H16.C2H6/c1-14(2)17(7)13-21(16(5)6)18(8)22-20-11-9-19(10-12-20)15(3)4;1-7-5-3-4-6-8(7)2;1-2/h9-13,15,22H,1,5H2,2-4,6-8H3;7-8H,3-6H2,1-2H3;1-2H3/b17-13-,21-18-;;. The first kappa shape index (κ1) is 30.0. The molecule has 1 fully saturated rings. The van der Waals surface area contributed by atoms with E-state index in [4.69, 9.17) is 0 Å². The maximum Gasteiger partial charge on any atom is 0.0382 e. The first-order chi connectivity index (χ1) is 15.0. The van der Waals surface area contributed by atoms with Gasteiger partial charge in [0.15, 0.2) is 0 Å². The van der Waals surface area contributed by atoms with Crippen LogP contribution in [0.2, 0.25) is 0 Å². The van der Waals surface area contributed by atoms with Gasteiger partial charge in [0.05, 0.1) is 0 Å². The van der Waals surface area contributed by atoms with E-state index in [0.29, 0.717) is 5.92 Å². The first-order valence-electron chi connectivity index (χ1n) is 12.6. The monoisotopic (exact) mass is 437 g/mol. The van der Waals surface area contributed by atoms with Crippen molar-refractivity contribution in [1.82, 2.24) is 0 Å². The first-order valence-corrected chi connectivity index (χ1v) is 12.6. The molecule has 2 atom stereocenters. The molecule has 0 bridgehead atoms. The molecular weight excluding hydrogens is 386 g/mol. The second-order valence-corrected chi connectivity index (χ2v) is 9.57. The summed E-state index contributed by atoms with van der Waals surface area (Å²) in [5.41, 5.74) is 7.98. The Morgan fingerprint density at radius 3 is 1.69 bits per heavy atom. The Labute approximate surface area is 200 Å². The summed E-state index contributed by atoms with van der Waals surface area (Å²) in [5, 5.41) is 3.48. The van der Waals surface area contributed by atoms with Gasteiger partial charge in [-0.3, -0.25) is 0 Å². The fourth-order valence-corrected chi connectivity index (χ4v) is 3.63. The number of rotatable bonds is 6. The van der Waals surface area contributed by atoms with Crippen molar-refractivity contribution in [1.29, 1.82) is 0 Å². The molecule has 1 nitrogen and oxygen atoms in total. The zero-order chi connectivity index (χ0) is 24.8. The molecule has 180 valence electrons. The highest BCUT2D eigenvalue weighted by Gasteiger charge is 2.15. The molecular formula is C31H51N. The summed E-state index contributed by atoms with van der Waals surface area (Å²) in [6.45, 7) is 29.5. The average Bonchev–Trinajstić information content (AvgIpc) is 2.75. The Hall–Kier alpha value is -2.02. The molecule has 1 N–H and O–H groups in total. The van der Waals surface area contributed by atoms with Crippen LogP contribution in [-0.2, 0) is 0 Å². The Kier molecular flexibility index (Phi) is 14.7. The summed E-state index contributed by atoms with van der Waals surface area (Å²) < 4.78 is 0. The van der Waals surface area contributed by atoms with E-state index in [9.17, 15) is 0 Å². The van der Waals surface area contributed by atoms with E-state index in [-0.39, 0.29) is 0 Å². The van der Waals surface area contributed by atoms with Crippen LogP contribution in [-0.4, -0.2) is 0 Å². The van der Waals surface area contributed by atoms with Crippen LogP contribution in [0.1, 0.15) is 106 Å². The molecule has 1 saturated carbocycles. The van der Waals surface area contributed by atoms with Gasteiger partial charge in [0.1, 0.15) is 0 Å². The molecule has 2 unspecified atom stereocenters. The Morgan fingerprint density at radius 2 is 1.34 bits per heavy atom. The van der Waals surface area contributed by atoms with Crippen molar-refractivity contribution in [3.8, 4) is 0 Å². The third-order valence-corrected chi connectivity index (χ3v) is 6.35. The molecule has 0 spiro atoms. The minimum atomic E-state index is 0.554. The largest absolute Gasteiger partial charge is 0.359 e. The highest BCUT2D eigenvalue weighted by Crippen LogP contribution is 2.28. The molecule has 0 radical (unpaired) electrons. The lowest BCUT2D eigenvalue weighted by molar-refractivity contribution is 0.277. The van der Waals surface area contributed by atoms with Crippen molar-refractivity contribution in [3.05, 3.63) is 77.1 Å². The number of anilines is 1. The summed E-state index contributed by atoms with van der Waals surface area (Å²) in [7, 11) is 0. The predicted molar refractivity (Wildman–Crippen MR) is 148 cm³/mol. The van der Waals surface area contributed by atoms with Crippen LogP contribution in [0.25, 0.3) is 0 Å². The lowest BCUT2D eigenvalue weighted by Crippen LogP contribution is -2.12. The fraction of sp³-hybridized carbons (Fsp3) is 0.548. The summed E-state index contributed by atoms with van der Waals surface area (Å²) >= 11 is 0. The molecule has 0 saturated heterocycles. The number of benzene rings is 1. The SMILES string of the molecule is C=C(C)/C(C)=C\C(C(=C)C)=C(/C)Nc1ccc(C(C)C)cc1.CC.CC1CCCCC1C. The van der Waals surface area contributed by atoms with E-state index in [1.165, 1.54) is 36.8 Å². The number of hydrogen-bond acceptors (Lipinski definition) is 1. The molecule has 0 amide bonds. The zero-order valence-corrected chi connectivity index (χ0v) is 22.9. The van der Waals surface area contributed by atoms with Gasteiger partial charge in [0.2, 0.25) is 0 Å². The summed E-state index contributed by atoms with van der Waals surface area (Å²) in [6.07, 6.45) is 8.05. The van der Waals surface area contributed by atoms with E-state index < -0.39 is 0 Å². The van der Waals surface area contributed by atoms with Crippen LogP contribution in [0.3, 0.4) is 0 Å². The van der Waals surface area contributed by atoms with Gasteiger partial charge in [-0.2, -0.15) is 0 Å². The molecule has 1 aromatic carbocycles. The molecule has 2 rings (SSSR count). The highest BCUT2D eigenvalue weighted by atomic mass is 14.9. The van der Waals surface area contributed by atoms with Gasteiger partial charge in [-0.1, -0.05) is 98.1 Å². The Morgan fingerprint density at radius 1 is 0.875 bits per heavy atom. The average molecular weight is 438 g/mol. The summed E-state index contributed by atoms with van der Waals surface area (Å²) in [6, 6.07) is 8.61. The summed E-state index contributed by atoms with van der Waals surface area (Å²) in [5.74, 6) is 2.56. The van der Waals surface area contributed by atoms with Gasteiger partial charge in [-0.25, -0.2) is 0 Å². The molecule has 0 aliphatic heterocycles. The van der Waals surface area contributed by atoms with Crippen molar-refractivity contribution >= 4 is 5.69 Å². The Balaban J connectivity index is 0.000000796. The minimum absolute atomic E-state index is 0.554. The lowest BCUT2D eigenvalue weighted by Gasteiger charge is -2.24. The molecule has 0 aromatic heterocycles. The normalized spacial score (nSPS) is 19.0. The predicted octanol–water partition coefficient (Wildman–Crippen LogP) is 10.5. The summed E-state index contributed by atoms with van der Waals surface area (Å²) in [4.78, 5) is 0. The van der Waals surface area contributed by atoms with Gasteiger partial charge in [0, 0.05) is 11.4 Å². The number of nitrogens with one attached hydrogen (secondary N) is 1. The van der Waals surface area contributed by atoms with Crippen molar-refractivity contribution in [3.63, 3.8) is 0 Å². The van der Waals surface area contributed by atoms with Gasteiger partial charge >= 0.3 is 0 Å². The molecule has 1 aliphatic carbocycles. The minimum Gasteiger partial charge on any atom is -0.359 e. The van der Waals surface area contributed by atoms with Crippen molar-refractivity contribution in [2.24, 2.45) is 11.8 Å². The Bertz CT molecular complexity index is 748. The van der Waals surface area contributed by atoms with Crippen molar-refractivity contribution < 1.29 is 0 Å². The van der Waals surface area contributed by atoms with Gasteiger partial charge in [0.25, 0.3) is 0 Å². The van der Waals surface area contributed by atoms with E-state index in [0.717, 1.165) is 39.9 Å².